The van der Waals surface area contributed by atoms with Gasteiger partial charge in [0.15, 0.2) is 5.96 Å². The minimum Gasteiger partial charge on any atom is -0.385 e. The first-order valence-corrected chi connectivity index (χ1v) is 10.6. The molecule has 0 spiro atoms. The second kappa shape index (κ2) is 11.7. The molecule has 0 atom stereocenters. The quantitative estimate of drug-likeness (QED) is 0.219. The molecule has 5 nitrogen and oxygen atoms in total. The Labute approximate surface area is 177 Å². The van der Waals surface area contributed by atoms with Crippen LogP contribution in [-0.4, -0.2) is 63.3 Å². The highest BCUT2D eigenvalue weighted by molar-refractivity contribution is 14.0. The topological polar surface area (TPSA) is 48.9 Å². The molecule has 0 aromatic carbocycles. The van der Waals surface area contributed by atoms with Gasteiger partial charge in [0.1, 0.15) is 0 Å². The van der Waals surface area contributed by atoms with Crippen molar-refractivity contribution in [1.82, 2.24) is 15.5 Å². The Morgan fingerprint density at radius 1 is 1.12 bits per heavy atom. The molecule has 1 heterocycles. The molecule has 2 saturated carbocycles. The number of methoxy groups -OCH3 is 1. The van der Waals surface area contributed by atoms with Gasteiger partial charge in [0.2, 0.25) is 0 Å². The molecule has 0 amide bonds. The highest BCUT2D eigenvalue weighted by Gasteiger charge is 2.41. The largest absolute Gasteiger partial charge is 0.385 e. The third-order valence-electron chi connectivity index (χ3n) is 6.01. The maximum Gasteiger partial charge on any atom is 0.191 e. The highest BCUT2D eigenvalue weighted by atomic mass is 127. The summed E-state index contributed by atoms with van der Waals surface area (Å²) in [6.45, 7) is 8.55. The second-order valence-corrected chi connectivity index (χ2v) is 8.16. The molecule has 3 aliphatic rings. The van der Waals surface area contributed by atoms with Gasteiger partial charge in [0.25, 0.3) is 0 Å². The third kappa shape index (κ3) is 7.50. The van der Waals surface area contributed by atoms with E-state index >= 15 is 0 Å². The van der Waals surface area contributed by atoms with Crippen LogP contribution >= 0.6 is 24.0 Å². The molecule has 1 aliphatic heterocycles. The van der Waals surface area contributed by atoms with Crippen LogP contribution in [0.4, 0.5) is 0 Å². The zero-order chi connectivity index (χ0) is 17.5. The Morgan fingerprint density at radius 3 is 2.31 bits per heavy atom. The molecule has 0 unspecified atom stereocenters. The molecule has 0 bridgehead atoms. The fourth-order valence-corrected chi connectivity index (χ4v) is 4.18. The van der Waals surface area contributed by atoms with E-state index in [-0.39, 0.29) is 24.0 Å². The van der Waals surface area contributed by atoms with Gasteiger partial charge in [0, 0.05) is 52.5 Å². The summed E-state index contributed by atoms with van der Waals surface area (Å²) in [5.41, 5.74) is 0. The predicted octanol–water partition coefficient (Wildman–Crippen LogP) is 3.10. The van der Waals surface area contributed by atoms with Crippen molar-refractivity contribution < 1.29 is 4.74 Å². The van der Waals surface area contributed by atoms with Gasteiger partial charge in [-0.25, -0.2) is 0 Å². The Morgan fingerprint density at radius 2 is 1.77 bits per heavy atom. The number of aliphatic imine (C=N–C) groups is 1. The van der Waals surface area contributed by atoms with Crippen LogP contribution in [0.3, 0.4) is 0 Å². The van der Waals surface area contributed by atoms with Crippen LogP contribution in [-0.2, 0) is 4.74 Å². The minimum absolute atomic E-state index is 0. The SMILES string of the molecule is CCNC(=NCC(C1CC1)C1CC1)NC1CCN(CCCOC)CC1.I. The van der Waals surface area contributed by atoms with E-state index in [1.807, 2.05) is 0 Å². The Kier molecular flexibility index (Phi) is 9.99. The second-order valence-electron chi connectivity index (χ2n) is 8.16. The molecule has 26 heavy (non-hydrogen) atoms. The van der Waals surface area contributed by atoms with Crippen molar-refractivity contribution in [2.75, 3.05) is 46.4 Å². The van der Waals surface area contributed by atoms with E-state index < -0.39 is 0 Å². The summed E-state index contributed by atoms with van der Waals surface area (Å²) >= 11 is 0. The summed E-state index contributed by atoms with van der Waals surface area (Å²) in [4.78, 5) is 7.54. The van der Waals surface area contributed by atoms with Crippen molar-refractivity contribution in [1.29, 1.82) is 0 Å². The lowest BCUT2D eigenvalue weighted by Gasteiger charge is -2.33. The minimum atomic E-state index is 0. The predicted molar refractivity (Wildman–Crippen MR) is 119 cm³/mol. The number of piperidine rings is 1. The van der Waals surface area contributed by atoms with Gasteiger partial charge in [0.05, 0.1) is 0 Å². The average Bonchev–Trinajstić information content (AvgIpc) is 3.51. The highest BCUT2D eigenvalue weighted by Crippen LogP contribution is 2.49. The van der Waals surface area contributed by atoms with Gasteiger partial charge in [-0.3, -0.25) is 4.99 Å². The molecule has 6 heteroatoms. The van der Waals surface area contributed by atoms with E-state index in [2.05, 4.69) is 22.5 Å². The molecule has 1 saturated heterocycles. The lowest BCUT2D eigenvalue weighted by atomic mass is 9.98. The average molecular weight is 478 g/mol. The van der Waals surface area contributed by atoms with Crippen molar-refractivity contribution >= 4 is 29.9 Å². The molecular formula is C20H39IN4O. The number of hydrogen-bond acceptors (Lipinski definition) is 3. The Hall–Kier alpha value is -0.0800. The van der Waals surface area contributed by atoms with Crippen LogP contribution in [0.1, 0.15) is 51.9 Å². The Balaban J connectivity index is 0.00000243. The van der Waals surface area contributed by atoms with E-state index in [0.29, 0.717) is 6.04 Å². The summed E-state index contributed by atoms with van der Waals surface area (Å²) in [5.74, 6) is 3.87. The molecule has 3 rings (SSSR count). The lowest BCUT2D eigenvalue weighted by Crippen LogP contribution is -2.49. The maximum atomic E-state index is 5.16. The molecular weight excluding hydrogens is 439 g/mol. The zero-order valence-corrected chi connectivity index (χ0v) is 19.0. The number of likely N-dealkylation sites (tertiary alicyclic amines) is 1. The summed E-state index contributed by atoms with van der Waals surface area (Å²) in [6.07, 6.45) is 9.36. The smallest absolute Gasteiger partial charge is 0.191 e. The summed E-state index contributed by atoms with van der Waals surface area (Å²) in [7, 11) is 1.79. The molecule has 0 aromatic rings. The van der Waals surface area contributed by atoms with Gasteiger partial charge in [-0.2, -0.15) is 0 Å². The summed E-state index contributed by atoms with van der Waals surface area (Å²) in [5, 5.41) is 7.17. The van der Waals surface area contributed by atoms with Crippen molar-refractivity contribution in [2.45, 2.75) is 57.9 Å². The first-order chi connectivity index (χ1) is 12.3. The lowest BCUT2D eigenvalue weighted by molar-refractivity contribution is 0.155. The van der Waals surface area contributed by atoms with Crippen LogP contribution < -0.4 is 10.6 Å². The van der Waals surface area contributed by atoms with Crippen molar-refractivity contribution in [2.24, 2.45) is 22.7 Å². The molecule has 2 aliphatic carbocycles. The monoisotopic (exact) mass is 478 g/mol. The number of hydrogen-bond donors (Lipinski definition) is 2. The standard InChI is InChI=1S/C20H38N4O.HI/c1-3-21-20(22-15-19(16-5-6-16)17-7-8-17)23-18-9-12-24(13-10-18)11-4-14-25-2;/h16-19H,3-15H2,1-2H3,(H2,21,22,23);1H. The van der Waals surface area contributed by atoms with Crippen LogP contribution in [0.25, 0.3) is 0 Å². The Bertz CT molecular complexity index is 406. The van der Waals surface area contributed by atoms with E-state index in [1.54, 1.807) is 7.11 Å². The number of nitrogens with one attached hydrogen (secondary N) is 2. The molecule has 3 fully saturated rings. The van der Waals surface area contributed by atoms with Crippen molar-refractivity contribution in [3.8, 4) is 0 Å². The number of guanidine groups is 1. The van der Waals surface area contributed by atoms with Gasteiger partial charge in [-0.15, -0.1) is 24.0 Å². The maximum absolute atomic E-state index is 5.16. The third-order valence-corrected chi connectivity index (χ3v) is 6.01. The molecule has 152 valence electrons. The first-order valence-electron chi connectivity index (χ1n) is 10.6. The van der Waals surface area contributed by atoms with Gasteiger partial charge < -0.3 is 20.3 Å². The van der Waals surface area contributed by atoms with E-state index in [4.69, 9.17) is 9.73 Å². The normalized spacial score (nSPS) is 22.3. The number of ether oxygens (including phenoxy) is 1. The summed E-state index contributed by atoms with van der Waals surface area (Å²) in [6, 6.07) is 0.566. The summed E-state index contributed by atoms with van der Waals surface area (Å²) < 4.78 is 5.16. The molecule has 0 aromatic heterocycles. The van der Waals surface area contributed by atoms with Gasteiger partial charge >= 0.3 is 0 Å². The van der Waals surface area contributed by atoms with Gasteiger partial charge in [-0.1, -0.05) is 0 Å². The van der Waals surface area contributed by atoms with Crippen LogP contribution in [0.15, 0.2) is 4.99 Å². The molecule has 2 N–H and O–H groups in total. The molecule has 0 radical (unpaired) electrons. The van der Waals surface area contributed by atoms with E-state index in [9.17, 15) is 0 Å². The van der Waals surface area contributed by atoms with Crippen LogP contribution in [0.5, 0.6) is 0 Å². The van der Waals surface area contributed by atoms with Gasteiger partial charge in [-0.05, 0) is 69.6 Å². The van der Waals surface area contributed by atoms with E-state index in [0.717, 1.165) is 49.8 Å². The zero-order valence-electron chi connectivity index (χ0n) is 16.7. The number of halogens is 1. The fraction of sp³-hybridized carbons (Fsp3) is 0.950. The first kappa shape index (κ1) is 22.2. The van der Waals surface area contributed by atoms with Crippen molar-refractivity contribution in [3.05, 3.63) is 0 Å². The van der Waals surface area contributed by atoms with Crippen molar-refractivity contribution in [3.63, 3.8) is 0 Å². The number of nitrogens with zero attached hydrogens (tertiary/aromatic N) is 2. The van der Waals surface area contributed by atoms with Crippen LogP contribution in [0.2, 0.25) is 0 Å². The fourth-order valence-electron chi connectivity index (χ4n) is 4.18. The van der Waals surface area contributed by atoms with Crippen LogP contribution in [0, 0.1) is 17.8 Å². The number of rotatable bonds is 10. The van der Waals surface area contributed by atoms with E-state index in [1.165, 1.54) is 58.2 Å².